The van der Waals surface area contributed by atoms with Crippen molar-refractivity contribution in [3.05, 3.63) is 23.8 Å². The van der Waals surface area contributed by atoms with Gasteiger partial charge in [0, 0.05) is 0 Å². The Labute approximate surface area is 77.5 Å². The molecule has 2 N–H and O–H groups in total. The molecule has 1 heterocycles. The third kappa shape index (κ3) is 1.75. The zero-order valence-corrected chi connectivity index (χ0v) is 7.62. The van der Waals surface area contributed by atoms with Gasteiger partial charge in [-0.2, -0.15) is 0 Å². The maximum atomic E-state index is 5.75. The Kier molecular flexibility index (Phi) is 2.10. The lowest BCUT2D eigenvalue weighted by Crippen LogP contribution is -2.38. The lowest BCUT2D eigenvalue weighted by Gasteiger charge is -2.27. The normalized spacial score (nSPS) is 16.7. The molecule has 0 radical (unpaired) electrons. The van der Waals surface area contributed by atoms with Gasteiger partial charge in [0.25, 0.3) is 0 Å². The standard InChI is InChI=1S/C10H13NO2/c1-7-2-3-9(11)10(4-7)13-8-5-12-6-8/h2-4,8H,5-6,11H2,1H3. The summed E-state index contributed by atoms with van der Waals surface area (Å²) in [5.41, 5.74) is 7.60. The Hall–Kier alpha value is -1.22. The molecular formula is C10H13NO2. The number of anilines is 1. The fourth-order valence-corrected chi connectivity index (χ4v) is 1.21. The van der Waals surface area contributed by atoms with Crippen molar-refractivity contribution >= 4 is 5.69 Å². The quantitative estimate of drug-likeness (QED) is 0.697. The number of nitrogens with two attached hydrogens (primary N) is 1. The Bertz CT molecular complexity index is 308. The van der Waals surface area contributed by atoms with Crippen molar-refractivity contribution in [2.24, 2.45) is 0 Å². The lowest BCUT2D eigenvalue weighted by molar-refractivity contribution is -0.0794. The van der Waals surface area contributed by atoms with Crippen molar-refractivity contribution in [2.45, 2.75) is 13.0 Å². The molecule has 70 valence electrons. The van der Waals surface area contributed by atoms with Crippen molar-refractivity contribution in [3.63, 3.8) is 0 Å². The molecule has 1 saturated heterocycles. The number of aryl methyl sites for hydroxylation is 1. The molecule has 0 amide bonds. The van der Waals surface area contributed by atoms with E-state index in [1.54, 1.807) is 0 Å². The highest BCUT2D eigenvalue weighted by atomic mass is 16.6. The van der Waals surface area contributed by atoms with Gasteiger partial charge in [0.2, 0.25) is 0 Å². The number of hydrogen-bond acceptors (Lipinski definition) is 3. The fourth-order valence-electron chi connectivity index (χ4n) is 1.21. The van der Waals surface area contributed by atoms with Gasteiger partial charge in [0.05, 0.1) is 18.9 Å². The van der Waals surface area contributed by atoms with E-state index in [1.807, 2.05) is 25.1 Å². The van der Waals surface area contributed by atoms with Crippen LogP contribution in [0, 0.1) is 6.92 Å². The summed E-state index contributed by atoms with van der Waals surface area (Å²) in [5.74, 6) is 0.772. The van der Waals surface area contributed by atoms with Crippen LogP contribution < -0.4 is 10.5 Å². The van der Waals surface area contributed by atoms with Gasteiger partial charge in [0.15, 0.2) is 0 Å². The molecule has 3 nitrogen and oxygen atoms in total. The first-order valence-electron chi connectivity index (χ1n) is 4.36. The van der Waals surface area contributed by atoms with Crippen molar-refractivity contribution in [1.82, 2.24) is 0 Å². The Morgan fingerprint density at radius 3 is 2.85 bits per heavy atom. The third-order valence-corrected chi connectivity index (χ3v) is 2.07. The van der Waals surface area contributed by atoms with E-state index in [0.29, 0.717) is 18.9 Å². The Morgan fingerprint density at radius 2 is 2.23 bits per heavy atom. The van der Waals surface area contributed by atoms with Gasteiger partial charge in [-0.3, -0.25) is 0 Å². The molecule has 1 aliphatic heterocycles. The van der Waals surface area contributed by atoms with Crippen LogP contribution in [0.3, 0.4) is 0 Å². The summed E-state index contributed by atoms with van der Waals surface area (Å²) in [7, 11) is 0. The molecule has 3 heteroatoms. The molecule has 0 aliphatic carbocycles. The van der Waals surface area contributed by atoms with Gasteiger partial charge in [-0.05, 0) is 24.6 Å². The first-order valence-corrected chi connectivity index (χ1v) is 4.36. The van der Waals surface area contributed by atoms with Crippen molar-refractivity contribution < 1.29 is 9.47 Å². The SMILES string of the molecule is Cc1ccc(N)c(OC2COC2)c1. The summed E-state index contributed by atoms with van der Waals surface area (Å²) >= 11 is 0. The fraction of sp³-hybridized carbons (Fsp3) is 0.400. The minimum atomic E-state index is 0.184. The van der Waals surface area contributed by atoms with Gasteiger partial charge in [0.1, 0.15) is 11.9 Å². The molecule has 0 saturated carbocycles. The van der Waals surface area contributed by atoms with E-state index >= 15 is 0 Å². The van der Waals surface area contributed by atoms with Crippen molar-refractivity contribution in [1.29, 1.82) is 0 Å². The van der Waals surface area contributed by atoms with Gasteiger partial charge in [-0.15, -0.1) is 0 Å². The van der Waals surface area contributed by atoms with Crippen LogP contribution in [0.4, 0.5) is 5.69 Å². The summed E-state index contributed by atoms with van der Waals surface area (Å²) < 4.78 is 10.6. The largest absolute Gasteiger partial charge is 0.483 e. The predicted octanol–water partition coefficient (Wildman–Crippen LogP) is 1.35. The van der Waals surface area contributed by atoms with Crippen molar-refractivity contribution in [3.8, 4) is 5.75 Å². The van der Waals surface area contributed by atoms with Gasteiger partial charge in [-0.25, -0.2) is 0 Å². The second-order valence-electron chi connectivity index (χ2n) is 3.32. The first-order chi connectivity index (χ1) is 6.25. The highest BCUT2D eigenvalue weighted by molar-refractivity contribution is 5.53. The summed E-state index contributed by atoms with van der Waals surface area (Å²) in [6.45, 7) is 3.37. The molecular weight excluding hydrogens is 166 g/mol. The Morgan fingerprint density at radius 1 is 1.46 bits per heavy atom. The van der Waals surface area contributed by atoms with Crippen LogP contribution in [0.5, 0.6) is 5.75 Å². The monoisotopic (exact) mass is 179 g/mol. The third-order valence-electron chi connectivity index (χ3n) is 2.07. The van der Waals surface area contributed by atoms with E-state index < -0.39 is 0 Å². The summed E-state index contributed by atoms with van der Waals surface area (Å²) in [6.07, 6.45) is 0.184. The molecule has 1 aromatic carbocycles. The van der Waals surface area contributed by atoms with Crippen molar-refractivity contribution in [2.75, 3.05) is 18.9 Å². The molecule has 0 atom stereocenters. The zero-order valence-electron chi connectivity index (χ0n) is 7.62. The van der Waals surface area contributed by atoms with Gasteiger partial charge < -0.3 is 15.2 Å². The minimum Gasteiger partial charge on any atom is -0.483 e. The van der Waals surface area contributed by atoms with Gasteiger partial charge >= 0.3 is 0 Å². The highest BCUT2D eigenvalue weighted by Crippen LogP contribution is 2.24. The average Bonchev–Trinajstić information content (AvgIpc) is 2.03. The number of hydrogen-bond donors (Lipinski definition) is 1. The van der Waals surface area contributed by atoms with E-state index in [9.17, 15) is 0 Å². The molecule has 0 bridgehead atoms. The zero-order chi connectivity index (χ0) is 9.26. The number of nitrogen functional groups attached to an aromatic ring is 1. The topological polar surface area (TPSA) is 44.5 Å². The Balaban J connectivity index is 2.13. The van der Waals surface area contributed by atoms with Crippen LogP contribution in [-0.4, -0.2) is 19.3 Å². The average molecular weight is 179 g/mol. The second kappa shape index (κ2) is 3.26. The predicted molar refractivity (Wildman–Crippen MR) is 50.8 cm³/mol. The van der Waals surface area contributed by atoms with Crippen LogP contribution in [0.15, 0.2) is 18.2 Å². The molecule has 0 unspecified atom stereocenters. The van der Waals surface area contributed by atoms with Gasteiger partial charge in [-0.1, -0.05) is 6.07 Å². The maximum Gasteiger partial charge on any atom is 0.145 e. The van der Waals surface area contributed by atoms with E-state index in [0.717, 1.165) is 11.3 Å². The van der Waals surface area contributed by atoms with E-state index in [2.05, 4.69) is 0 Å². The lowest BCUT2D eigenvalue weighted by atomic mass is 10.2. The summed E-state index contributed by atoms with van der Waals surface area (Å²) in [6, 6.07) is 5.79. The first kappa shape index (κ1) is 8.38. The molecule has 2 rings (SSSR count). The number of rotatable bonds is 2. The molecule has 1 aliphatic rings. The molecule has 1 fully saturated rings. The maximum absolute atomic E-state index is 5.75. The van der Waals surface area contributed by atoms with Crippen LogP contribution >= 0.6 is 0 Å². The smallest absolute Gasteiger partial charge is 0.145 e. The molecule has 13 heavy (non-hydrogen) atoms. The van der Waals surface area contributed by atoms with Crippen LogP contribution in [0.1, 0.15) is 5.56 Å². The molecule has 0 spiro atoms. The van der Waals surface area contributed by atoms with Crippen LogP contribution in [0.25, 0.3) is 0 Å². The van der Waals surface area contributed by atoms with E-state index in [1.165, 1.54) is 0 Å². The number of benzene rings is 1. The minimum absolute atomic E-state index is 0.184. The van der Waals surface area contributed by atoms with E-state index in [4.69, 9.17) is 15.2 Å². The van der Waals surface area contributed by atoms with E-state index in [-0.39, 0.29) is 6.10 Å². The summed E-state index contributed by atoms with van der Waals surface area (Å²) in [5, 5.41) is 0. The molecule has 0 aromatic heterocycles. The number of ether oxygens (including phenoxy) is 2. The second-order valence-corrected chi connectivity index (χ2v) is 3.32. The van der Waals surface area contributed by atoms with Crippen LogP contribution in [-0.2, 0) is 4.74 Å². The molecule has 1 aromatic rings. The van der Waals surface area contributed by atoms with Crippen LogP contribution in [0.2, 0.25) is 0 Å². The summed E-state index contributed by atoms with van der Waals surface area (Å²) in [4.78, 5) is 0. The highest BCUT2D eigenvalue weighted by Gasteiger charge is 2.20.